The number of benzene rings is 1. The number of urea groups is 1. The van der Waals surface area contributed by atoms with Crippen LogP contribution < -0.4 is 16.4 Å². The minimum Gasteiger partial charge on any atom is -0.365 e. The Hall–Kier alpha value is -3.80. The number of non-ortho nitro benzene ring substituents is 1. The number of primary amides is 1. The van der Waals surface area contributed by atoms with Crippen LogP contribution in [-0.2, 0) is 28.0 Å². The Labute approximate surface area is 192 Å². The number of carbonyl (C=O) groups is 4. The Morgan fingerprint density at radius 3 is 2.55 bits per heavy atom. The molecule has 12 heteroatoms. The van der Waals surface area contributed by atoms with Gasteiger partial charge in [-0.3, -0.25) is 29.4 Å². The molecule has 4 rings (SSSR count). The van der Waals surface area contributed by atoms with Gasteiger partial charge >= 0.3 is 6.03 Å². The summed E-state index contributed by atoms with van der Waals surface area (Å²) in [6.07, 6.45) is 3.43. The maximum Gasteiger partial charge on any atom is 0.325 e. The Morgan fingerprint density at radius 1 is 1.24 bits per heavy atom. The molecule has 5 amide bonds. The molecule has 2 heterocycles. The van der Waals surface area contributed by atoms with E-state index in [4.69, 9.17) is 5.73 Å². The van der Waals surface area contributed by atoms with E-state index >= 15 is 0 Å². The van der Waals surface area contributed by atoms with Crippen molar-refractivity contribution in [1.29, 1.82) is 0 Å². The molecule has 1 aliphatic heterocycles. The Balaban J connectivity index is 1.52. The van der Waals surface area contributed by atoms with Gasteiger partial charge in [-0.25, -0.2) is 4.79 Å². The maximum absolute atomic E-state index is 13.0. The lowest BCUT2D eigenvalue weighted by Gasteiger charge is -2.22. The summed E-state index contributed by atoms with van der Waals surface area (Å²) >= 11 is 1.29. The fourth-order valence-electron chi connectivity index (χ4n) is 4.18. The highest BCUT2D eigenvalue weighted by Crippen LogP contribution is 2.38. The molecule has 33 heavy (non-hydrogen) atoms. The number of rotatable bonds is 6. The summed E-state index contributed by atoms with van der Waals surface area (Å²) < 4.78 is 0. The number of amides is 5. The molecule has 0 spiro atoms. The third-order valence-corrected chi connectivity index (χ3v) is 7.11. The average molecular weight is 471 g/mol. The zero-order valence-electron chi connectivity index (χ0n) is 17.7. The topological polar surface area (TPSA) is 165 Å². The number of nitrogens with zero attached hydrogens (tertiary/aromatic N) is 2. The second-order valence-electron chi connectivity index (χ2n) is 8.08. The fourth-order valence-corrected chi connectivity index (χ4v) is 5.49. The minimum atomic E-state index is -1.48. The van der Waals surface area contributed by atoms with Gasteiger partial charge in [0.05, 0.1) is 10.5 Å². The number of aryl methyl sites for hydroxylation is 1. The number of anilines is 1. The normalized spacial score (nSPS) is 19.7. The van der Waals surface area contributed by atoms with Gasteiger partial charge in [0.25, 0.3) is 17.5 Å². The van der Waals surface area contributed by atoms with Gasteiger partial charge < -0.3 is 16.4 Å². The Bertz CT molecular complexity index is 1190. The maximum atomic E-state index is 13.0. The monoisotopic (exact) mass is 471 g/mol. The Morgan fingerprint density at radius 2 is 1.91 bits per heavy atom. The van der Waals surface area contributed by atoms with Crippen molar-refractivity contribution >= 4 is 45.8 Å². The zero-order chi connectivity index (χ0) is 23.9. The molecule has 0 bridgehead atoms. The van der Waals surface area contributed by atoms with Crippen LogP contribution >= 0.6 is 11.3 Å². The van der Waals surface area contributed by atoms with Gasteiger partial charge in [0.2, 0.25) is 5.91 Å². The van der Waals surface area contributed by atoms with E-state index in [1.807, 2.05) is 0 Å². The number of imide groups is 1. The first-order chi connectivity index (χ1) is 15.6. The fraction of sp³-hybridized carbons (Fsp3) is 0.333. The molecule has 1 aliphatic carbocycles. The summed E-state index contributed by atoms with van der Waals surface area (Å²) in [5.41, 5.74) is 5.40. The molecule has 2 aromatic rings. The van der Waals surface area contributed by atoms with Crippen LogP contribution in [0, 0.1) is 10.1 Å². The molecule has 1 saturated heterocycles. The van der Waals surface area contributed by atoms with Crippen LogP contribution in [0.15, 0.2) is 24.3 Å². The smallest absolute Gasteiger partial charge is 0.325 e. The van der Waals surface area contributed by atoms with Crippen molar-refractivity contribution in [2.24, 2.45) is 5.73 Å². The van der Waals surface area contributed by atoms with Crippen LogP contribution in [0.2, 0.25) is 0 Å². The van der Waals surface area contributed by atoms with E-state index in [2.05, 4.69) is 10.6 Å². The van der Waals surface area contributed by atoms with E-state index in [1.54, 1.807) is 0 Å². The highest BCUT2D eigenvalue weighted by Gasteiger charge is 2.49. The van der Waals surface area contributed by atoms with Crippen molar-refractivity contribution < 1.29 is 24.1 Å². The number of nitro groups is 1. The molecule has 1 fully saturated rings. The number of hydrogen-bond donors (Lipinski definition) is 3. The molecule has 172 valence electrons. The Kier molecular flexibility index (Phi) is 5.62. The van der Waals surface area contributed by atoms with Crippen molar-refractivity contribution in [2.45, 2.75) is 38.1 Å². The van der Waals surface area contributed by atoms with Crippen molar-refractivity contribution in [3.63, 3.8) is 0 Å². The van der Waals surface area contributed by atoms with Gasteiger partial charge in [-0.2, -0.15) is 0 Å². The van der Waals surface area contributed by atoms with E-state index < -0.39 is 40.8 Å². The van der Waals surface area contributed by atoms with Crippen LogP contribution in [-0.4, -0.2) is 40.1 Å². The van der Waals surface area contributed by atoms with E-state index in [1.165, 1.54) is 42.5 Å². The van der Waals surface area contributed by atoms with Gasteiger partial charge in [-0.15, -0.1) is 11.3 Å². The number of nitrogens with two attached hydrogens (primary N) is 1. The van der Waals surface area contributed by atoms with Crippen molar-refractivity contribution in [2.75, 3.05) is 11.9 Å². The summed E-state index contributed by atoms with van der Waals surface area (Å²) in [5, 5.41) is 16.4. The van der Waals surface area contributed by atoms with Gasteiger partial charge in [-0.1, -0.05) is 0 Å². The number of nitrogens with one attached hydrogen (secondary N) is 2. The predicted molar refractivity (Wildman–Crippen MR) is 119 cm³/mol. The van der Waals surface area contributed by atoms with Gasteiger partial charge in [0.1, 0.15) is 17.1 Å². The van der Waals surface area contributed by atoms with Crippen molar-refractivity contribution in [3.05, 3.63) is 55.9 Å². The molecule has 0 unspecified atom stereocenters. The van der Waals surface area contributed by atoms with Crippen LogP contribution in [0.25, 0.3) is 0 Å². The second kappa shape index (κ2) is 8.28. The summed E-state index contributed by atoms with van der Waals surface area (Å²) in [5.74, 6) is -1.95. The number of hydrogen-bond acceptors (Lipinski definition) is 7. The van der Waals surface area contributed by atoms with Crippen molar-refractivity contribution in [1.82, 2.24) is 10.2 Å². The quantitative estimate of drug-likeness (QED) is 0.331. The molecule has 1 atom stereocenters. The molecule has 2 aliphatic rings. The highest BCUT2D eigenvalue weighted by atomic mass is 32.1. The number of thiophene rings is 1. The molecule has 1 aromatic heterocycles. The molecular weight excluding hydrogens is 450 g/mol. The zero-order valence-corrected chi connectivity index (χ0v) is 18.5. The van der Waals surface area contributed by atoms with E-state index in [0.717, 1.165) is 34.6 Å². The number of fused-ring (bicyclic) bond motifs is 1. The minimum absolute atomic E-state index is 0.153. The number of carbonyl (C=O) groups excluding carboxylic acids is 4. The van der Waals surface area contributed by atoms with Gasteiger partial charge in [0, 0.05) is 17.0 Å². The summed E-state index contributed by atoms with van der Waals surface area (Å²) in [6.45, 7) is 0.902. The first-order valence-corrected chi connectivity index (χ1v) is 11.1. The average Bonchev–Trinajstić information content (AvgIpc) is 3.24. The lowest BCUT2D eigenvalue weighted by Crippen LogP contribution is -2.42. The SMILES string of the molecule is C[C@@]1(c2ccc([N+](=O)[O-])cc2)NC(=O)N(CC(=O)Nc2sc3c(c2C(N)=O)CCCC3)C1=O. The van der Waals surface area contributed by atoms with Crippen LogP contribution in [0.4, 0.5) is 15.5 Å². The lowest BCUT2D eigenvalue weighted by atomic mass is 9.92. The third kappa shape index (κ3) is 3.93. The summed E-state index contributed by atoms with van der Waals surface area (Å²) in [7, 11) is 0. The summed E-state index contributed by atoms with van der Waals surface area (Å²) in [6, 6.07) is 4.47. The van der Waals surface area contributed by atoms with Crippen LogP contribution in [0.1, 0.15) is 46.1 Å². The summed E-state index contributed by atoms with van der Waals surface area (Å²) in [4.78, 5) is 62.3. The molecular formula is C21H21N5O6S. The van der Waals surface area contributed by atoms with E-state index in [9.17, 15) is 29.3 Å². The second-order valence-corrected chi connectivity index (χ2v) is 9.18. The van der Waals surface area contributed by atoms with Gasteiger partial charge in [-0.05, 0) is 55.9 Å². The van der Waals surface area contributed by atoms with Crippen LogP contribution in [0.3, 0.4) is 0 Å². The van der Waals surface area contributed by atoms with Crippen molar-refractivity contribution in [3.8, 4) is 0 Å². The molecule has 1 aromatic carbocycles. The standard InChI is InChI=1S/C21H21N5O6S/c1-21(11-6-8-12(9-7-11)26(31)32)19(29)25(20(30)24-21)10-15(27)23-18-16(17(22)28)13-4-2-3-5-14(13)33-18/h6-9H,2-5,10H2,1H3,(H2,22,28)(H,23,27)(H,24,30)/t21-/m0/s1. The van der Waals surface area contributed by atoms with Crippen LogP contribution in [0.5, 0.6) is 0 Å². The molecule has 0 saturated carbocycles. The first kappa shape index (κ1) is 22.4. The molecule has 11 nitrogen and oxygen atoms in total. The third-order valence-electron chi connectivity index (χ3n) is 5.90. The predicted octanol–water partition coefficient (Wildman–Crippen LogP) is 2.04. The lowest BCUT2D eigenvalue weighted by molar-refractivity contribution is -0.384. The first-order valence-electron chi connectivity index (χ1n) is 10.2. The largest absolute Gasteiger partial charge is 0.365 e. The number of nitro benzene ring substituents is 1. The van der Waals surface area contributed by atoms with E-state index in [-0.39, 0.29) is 11.3 Å². The molecule has 4 N–H and O–H groups in total. The molecule has 0 radical (unpaired) electrons. The van der Waals surface area contributed by atoms with E-state index in [0.29, 0.717) is 17.0 Å². The van der Waals surface area contributed by atoms with Gasteiger partial charge in [0.15, 0.2) is 0 Å². The highest BCUT2D eigenvalue weighted by molar-refractivity contribution is 7.17.